The van der Waals surface area contributed by atoms with Gasteiger partial charge >= 0.3 is 5.97 Å². The van der Waals surface area contributed by atoms with Crippen LogP contribution in [0.25, 0.3) is 0 Å². The van der Waals surface area contributed by atoms with E-state index in [1.807, 2.05) is 0 Å². The van der Waals surface area contributed by atoms with Crippen LogP contribution < -0.4 is 0 Å². The van der Waals surface area contributed by atoms with Gasteiger partial charge in [-0.3, -0.25) is 4.79 Å². The molecule has 2 aromatic rings. The molecule has 1 heterocycles. The smallest absolute Gasteiger partial charge is 0.354 e. The number of carboxylic acids is 1. The van der Waals surface area contributed by atoms with E-state index in [0.717, 1.165) is 25.0 Å². The third-order valence-electron chi connectivity index (χ3n) is 3.83. The van der Waals surface area contributed by atoms with Crippen LogP contribution in [0.3, 0.4) is 0 Å². The molecule has 24 heavy (non-hydrogen) atoms. The van der Waals surface area contributed by atoms with Gasteiger partial charge in [0.25, 0.3) is 5.91 Å². The molecule has 5 nitrogen and oxygen atoms in total. The zero-order chi connectivity index (χ0) is 17.3. The monoisotopic (exact) mass is 332 g/mol. The molecule has 1 N–H and O–H groups in total. The van der Waals surface area contributed by atoms with Crippen molar-refractivity contribution in [3.05, 3.63) is 65.0 Å². The average molecular weight is 332 g/mol. The molecule has 1 aliphatic rings. The molecule has 3 rings (SSSR count). The van der Waals surface area contributed by atoms with Crippen molar-refractivity contribution in [2.45, 2.75) is 25.4 Å². The fraction of sp³-hybridized carbons (Fsp3) is 0.235. The van der Waals surface area contributed by atoms with Gasteiger partial charge in [-0.2, -0.15) is 0 Å². The second kappa shape index (κ2) is 6.35. The van der Waals surface area contributed by atoms with Crippen molar-refractivity contribution in [3.63, 3.8) is 0 Å². The first kappa shape index (κ1) is 16.0. The summed E-state index contributed by atoms with van der Waals surface area (Å²) in [7, 11) is 0. The van der Waals surface area contributed by atoms with Crippen molar-refractivity contribution >= 4 is 11.9 Å². The lowest BCUT2D eigenvalue weighted by Crippen LogP contribution is -2.33. The predicted molar refractivity (Wildman–Crippen MR) is 80.4 cm³/mol. The number of aromatic nitrogens is 1. The quantitative estimate of drug-likeness (QED) is 0.914. The third-order valence-corrected chi connectivity index (χ3v) is 3.83. The number of carboxylic acid groups (broad SMARTS) is 1. The fourth-order valence-electron chi connectivity index (χ4n) is 2.40. The van der Waals surface area contributed by atoms with Gasteiger partial charge in [-0.25, -0.2) is 18.6 Å². The normalized spacial score (nSPS) is 13.6. The minimum Gasteiger partial charge on any atom is -0.477 e. The number of rotatable bonds is 5. The van der Waals surface area contributed by atoms with Crippen molar-refractivity contribution in [3.8, 4) is 0 Å². The summed E-state index contributed by atoms with van der Waals surface area (Å²) in [5.74, 6) is -2.91. The molecular weight excluding hydrogens is 318 g/mol. The van der Waals surface area contributed by atoms with Gasteiger partial charge in [0.15, 0.2) is 0 Å². The third kappa shape index (κ3) is 3.40. The van der Waals surface area contributed by atoms with E-state index < -0.39 is 17.6 Å². The highest BCUT2D eigenvalue weighted by molar-refractivity contribution is 5.95. The Morgan fingerprint density at radius 2 is 1.96 bits per heavy atom. The second-order valence-corrected chi connectivity index (χ2v) is 5.64. The van der Waals surface area contributed by atoms with Crippen molar-refractivity contribution in [2.24, 2.45) is 0 Å². The zero-order valence-electron chi connectivity index (χ0n) is 12.6. The first-order chi connectivity index (χ1) is 11.5. The van der Waals surface area contributed by atoms with E-state index in [2.05, 4.69) is 4.98 Å². The van der Waals surface area contributed by atoms with E-state index in [0.29, 0.717) is 0 Å². The van der Waals surface area contributed by atoms with E-state index in [9.17, 15) is 18.4 Å². The van der Waals surface area contributed by atoms with Crippen LogP contribution in [0.5, 0.6) is 0 Å². The number of amides is 1. The maximum Gasteiger partial charge on any atom is 0.354 e. The summed E-state index contributed by atoms with van der Waals surface area (Å²) in [6.07, 6.45) is 2.83. The molecule has 1 fully saturated rings. The molecule has 0 atom stereocenters. The van der Waals surface area contributed by atoms with E-state index in [-0.39, 0.29) is 35.3 Å². The van der Waals surface area contributed by atoms with Crippen LogP contribution in [0, 0.1) is 11.6 Å². The number of halogens is 2. The SMILES string of the molecule is O=C(O)c1ccc(C(=O)N(Cc2ccc(F)cc2F)C2CC2)cn1. The van der Waals surface area contributed by atoms with Crippen LogP contribution in [-0.2, 0) is 6.54 Å². The van der Waals surface area contributed by atoms with Gasteiger partial charge < -0.3 is 10.0 Å². The number of aromatic carboxylic acids is 1. The minimum atomic E-state index is -1.18. The Hall–Kier alpha value is -2.83. The summed E-state index contributed by atoms with van der Waals surface area (Å²) in [5.41, 5.74) is 0.301. The summed E-state index contributed by atoms with van der Waals surface area (Å²) in [5, 5.41) is 8.84. The largest absolute Gasteiger partial charge is 0.477 e. The molecule has 1 amide bonds. The van der Waals surface area contributed by atoms with Gasteiger partial charge in [0.05, 0.1) is 5.56 Å². The highest BCUT2D eigenvalue weighted by atomic mass is 19.1. The second-order valence-electron chi connectivity index (χ2n) is 5.64. The van der Waals surface area contributed by atoms with Crippen LogP contribution in [0.15, 0.2) is 36.5 Å². The highest BCUT2D eigenvalue weighted by Crippen LogP contribution is 2.30. The van der Waals surface area contributed by atoms with E-state index in [1.165, 1.54) is 29.3 Å². The molecule has 0 radical (unpaired) electrons. The zero-order valence-corrected chi connectivity index (χ0v) is 12.6. The Morgan fingerprint density at radius 3 is 2.50 bits per heavy atom. The lowest BCUT2D eigenvalue weighted by atomic mass is 10.1. The van der Waals surface area contributed by atoms with Gasteiger partial charge in [0.2, 0.25) is 0 Å². The van der Waals surface area contributed by atoms with E-state index >= 15 is 0 Å². The van der Waals surface area contributed by atoms with Crippen LogP contribution in [0.1, 0.15) is 39.3 Å². The molecule has 1 saturated carbocycles. The Bertz CT molecular complexity index is 789. The number of benzene rings is 1. The molecule has 0 spiro atoms. The van der Waals surface area contributed by atoms with E-state index in [1.54, 1.807) is 0 Å². The minimum absolute atomic E-state index is 0.00102. The molecule has 0 aliphatic heterocycles. The summed E-state index contributed by atoms with van der Waals surface area (Å²) < 4.78 is 26.9. The summed E-state index contributed by atoms with van der Waals surface area (Å²) in [6, 6.07) is 5.89. The molecule has 1 aromatic heterocycles. The number of pyridine rings is 1. The fourth-order valence-corrected chi connectivity index (χ4v) is 2.40. The molecule has 124 valence electrons. The topological polar surface area (TPSA) is 70.5 Å². The first-order valence-electron chi connectivity index (χ1n) is 7.40. The molecule has 0 saturated heterocycles. The van der Waals surface area contributed by atoms with Gasteiger partial charge in [-0.15, -0.1) is 0 Å². The molecule has 0 bridgehead atoms. The van der Waals surface area contributed by atoms with Crippen LogP contribution in [0.2, 0.25) is 0 Å². The molecule has 7 heteroatoms. The number of nitrogens with zero attached hydrogens (tertiary/aromatic N) is 2. The Kier molecular flexibility index (Phi) is 4.24. The van der Waals surface area contributed by atoms with Crippen molar-refractivity contribution in [1.29, 1.82) is 0 Å². The molecule has 0 unspecified atom stereocenters. The summed E-state index contributed by atoms with van der Waals surface area (Å²) >= 11 is 0. The molecular formula is C17H14F2N2O3. The molecule has 1 aromatic carbocycles. The lowest BCUT2D eigenvalue weighted by Gasteiger charge is -2.23. The highest BCUT2D eigenvalue weighted by Gasteiger charge is 2.33. The van der Waals surface area contributed by atoms with Crippen LogP contribution in [0.4, 0.5) is 8.78 Å². The summed E-state index contributed by atoms with van der Waals surface area (Å²) in [6.45, 7) is 0.0241. The van der Waals surface area contributed by atoms with Crippen LogP contribution >= 0.6 is 0 Å². The number of carbonyl (C=O) groups is 2. The lowest BCUT2D eigenvalue weighted by molar-refractivity contribution is 0.0685. The van der Waals surface area contributed by atoms with Gasteiger partial charge in [0, 0.05) is 30.4 Å². The Labute approximate surface area is 136 Å². The van der Waals surface area contributed by atoms with Crippen LogP contribution in [-0.4, -0.2) is 32.9 Å². The van der Waals surface area contributed by atoms with Crippen molar-refractivity contribution < 1.29 is 23.5 Å². The standard InChI is InChI=1S/C17H14F2N2O3/c18-12-3-1-11(14(19)7-12)9-21(13-4-5-13)16(22)10-2-6-15(17(23)24)20-8-10/h1-3,6-8,13H,4-5,9H2,(H,23,24). The first-order valence-corrected chi connectivity index (χ1v) is 7.40. The van der Waals surface area contributed by atoms with Gasteiger partial charge in [-0.05, 0) is 31.0 Å². The van der Waals surface area contributed by atoms with Crippen molar-refractivity contribution in [2.75, 3.05) is 0 Å². The number of carbonyl (C=O) groups excluding carboxylic acids is 1. The summed E-state index contributed by atoms with van der Waals surface area (Å²) in [4.78, 5) is 28.7. The number of hydrogen-bond acceptors (Lipinski definition) is 3. The van der Waals surface area contributed by atoms with Gasteiger partial charge in [0.1, 0.15) is 17.3 Å². The Balaban J connectivity index is 1.82. The number of hydrogen-bond donors (Lipinski definition) is 1. The predicted octanol–water partition coefficient (Wildman–Crippen LogP) is 2.86. The van der Waals surface area contributed by atoms with E-state index in [4.69, 9.17) is 5.11 Å². The van der Waals surface area contributed by atoms with Crippen molar-refractivity contribution in [1.82, 2.24) is 9.88 Å². The average Bonchev–Trinajstić information content (AvgIpc) is 3.38. The maximum absolute atomic E-state index is 13.8. The Morgan fingerprint density at radius 1 is 1.21 bits per heavy atom. The van der Waals surface area contributed by atoms with Gasteiger partial charge in [-0.1, -0.05) is 6.07 Å². The maximum atomic E-state index is 13.8. The molecule has 1 aliphatic carbocycles.